The zero-order chi connectivity index (χ0) is 34.1. The third-order valence-electron chi connectivity index (χ3n) is 9.44. The molecule has 1 amide bonds. The molecular weight excluding hydrogens is 643 g/mol. The van der Waals surface area contributed by atoms with Crippen molar-refractivity contribution >= 4 is 17.9 Å². The Morgan fingerprint density at radius 2 is 1.08 bits per heavy atom. The Labute approximate surface area is 299 Å². The van der Waals surface area contributed by atoms with Crippen molar-refractivity contribution in [3.8, 4) is 11.1 Å². The molecule has 0 aromatic heterocycles. The SMILES string of the molecule is CCS[C@H]1[C@@H](OCc2ccccc2)[C@H](OCc2ccccc2)[C@H](OCc2ccccc2)CN1C(=O)OCC1c2ccccc2-c2ccccc21. The summed E-state index contributed by atoms with van der Waals surface area (Å²) in [6.45, 7) is 3.81. The van der Waals surface area contributed by atoms with E-state index in [0.29, 0.717) is 26.4 Å². The Balaban J connectivity index is 1.17. The van der Waals surface area contributed by atoms with Crippen molar-refractivity contribution in [3.05, 3.63) is 167 Å². The van der Waals surface area contributed by atoms with E-state index in [-0.39, 0.29) is 24.0 Å². The first kappa shape index (κ1) is 34.1. The van der Waals surface area contributed by atoms with Crippen LogP contribution in [0.2, 0.25) is 0 Å². The van der Waals surface area contributed by atoms with Gasteiger partial charge in [-0.3, -0.25) is 4.90 Å². The van der Waals surface area contributed by atoms with E-state index in [1.807, 2.05) is 71.6 Å². The van der Waals surface area contributed by atoms with Gasteiger partial charge in [-0.15, -0.1) is 11.8 Å². The molecule has 1 saturated heterocycles. The van der Waals surface area contributed by atoms with Crippen LogP contribution in [-0.2, 0) is 38.8 Å². The number of hydrogen-bond acceptors (Lipinski definition) is 6. The van der Waals surface area contributed by atoms with Gasteiger partial charge in [-0.05, 0) is 44.7 Å². The molecule has 0 bridgehead atoms. The Kier molecular flexibility index (Phi) is 11.3. The number of piperidine rings is 1. The minimum Gasteiger partial charge on any atom is -0.448 e. The number of nitrogens with zero attached hydrogens (tertiary/aromatic N) is 1. The average molecular weight is 686 g/mol. The smallest absolute Gasteiger partial charge is 0.410 e. The van der Waals surface area contributed by atoms with Gasteiger partial charge in [0, 0.05) is 5.92 Å². The minimum absolute atomic E-state index is 0.0365. The molecule has 256 valence electrons. The maximum Gasteiger partial charge on any atom is 0.410 e. The Morgan fingerprint density at radius 1 is 0.620 bits per heavy atom. The van der Waals surface area contributed by atoms with Crippen LogP contribution in [0.15, 0.2) is 140 Å². The number of amides is 1. The molecular formula is C43H43NO5S. The first-order valence-corrected chi connectivity index (χ1v) is 18.4. The fraction of sp³-hybridized carbons (Fsp3) is 0.279. The van der Waals surface area contributed by atoms with Gasteiger partial charge in [0.1, 0.15) is 30.3 Å². The van der Waals surface area contributed by atoms with E-state index in [1.54, 1.807) is 11.8 Å². The van der Waals surface area contributed by atoms with Crippen LogP contribution in [-0.4, -0.2) is 53.6 Å². The normalized spacial score (nSPS) is 19.9. The molecule has 0 unspecified atom stereocenters. The first-order chi connectivity index (χ1) is 24.7. The van der Waals surface area contributed by atoms with Crippen LogP contribution < -0.4 is 0 Å². The second-order valence-electron chi connectivity index (χ2n) is 12.7. The summed E-state index contributed by atoms with van der Waals surface area (Å²) in [5.74, 6) is 0.745. The maximum absolute atomic E-state index is 14.3. The third-order valence-corrected chi connectivity index (χ3v) is 10.6. The summed E-state index contributed by atoms with van der Waals surface area (Å²) in [6.07, 6.45) is -1.77. The van der Waals surface area contributed by atoms with E-state index in [4.69, 9.17) is 18.9 Å². The number of ether oxygens (including phenoxy) is 4. The van der Waals surface area contributed by atoms with Crippen LogP contribution in [0.5, 0.6) is 0 Å². The second-order valence-corrected chi connectivity index (χ2v) is 14.1. The Morgan fingerprint density at radius 3 is 1.60 bits per heavy atom. The molecule has 1 heterocycles. The standard InChI is InChI=1S/C43H43NO5S/c1-2-50-42-41(48-29-33-20-10-5-11-21-33)40(47-28-32-18-8-4-9-19-32)39(46-27-31-16-6-3-7-17-31)26-44(42)43(45)49-30-38-36-24-14-12-22-34(36)35-23-13-15-25-37(35)38/h3-25,38-42H,2,26-30H2,1H3/t39-,40-,41+,42+/m1/s1. The summed E-state index contributed by atoms with van der Waals surface area (Å²) in [5, 5.41) is -0.350. The lowest BCUT2D eigenvalue weighted by atomic mass is 9.98. The first-order valence-electron chi connectivity index (χ1n) is 17.4. The molecule has 7 heteroatoms. The number of likely N-dealkylation sites (tertiary alicyclic amines) is 1. The molecule has 6 nitrogen and oxygen atoms in total. The van der Waals surface area contributed by atoms with Gasteiger partial charge >= 0.3 is 6.09 Å². The molecule has 5 aromatic rings. The van der Waals surface area contributed by atoms with E-state index in [0.717, 1.165) is 22.4 Å². The second kappa shape index (κ2) is 16.5. The van der Waals surface area contributed by atoms with Crippen LogP contribution in [0.4, 0.5) is 4.79 Å². The summed E-state index contributed by atoms with van der Waals surface area (Å²) < 4.78 is 26.5. The number of hydrogen-bond donors (Lipinski definition) is 0. The molecule has 1 fully saturated rings. The molecule has 1 aliphatic carbocycles. The van der Waals surface area contributed by atoms with Gasteiger partial charge in [-0.25, -0.2) is 4.79 Å². The minimum atomic E-state index is -0.487. The number of benzene rings is 5. The fourth-order valence-corrected chi connectivity index (χ4v) is 8.12. The number of thioether (sulfide) groups is 1. The van der Waals surface area contributed by atoms with Gasteiger partial charge in [-0.1, -0.05) is 146 Å². The topological polar surface area (TPSA) is 57.2 Å². The van der Waals surface area contributed by atoms with E-state index in [1.165, 1.54) is 22.3 Å². The van der Waals surface area contributed by atoms with Crippen molar-refractivity contribution in [1.82, 2.24) is 4.90 Å². The summed E-state index contributed by atoms with van der Waals surface area (Å²) in [6, 6.07) is 47.2. The molecule has 0 N–H and O–H groups in total. The fourth-order valence-electron chi connectivity index (χ4n) is 7.00. The summed E-state index contributed by atoms with van der Waals surface area (Å²) >= 11 is 1.67. The van der Waals surface area contributed by atoms with Crippen molar-refractivity contribution in [2.24, 2.45) is 0 Å². The molecule has 50 heavy (non-hydrogen) atoms. The van der Waals surface area contributed by atoms with Gasteiger partial charge in [0.25, 0.3) is 0 Å². The molecule has 2 aliphatic rings. The lowest BCUT2D eigenvalue weighted by Crippen LogP contribution is -2.63. The predicted molar refractivity (Wildman–Crippen MR) is 199 cm³/mol. The maximum atomic E-state index is 14.3. The zero-order valence-electron chi connectivity index (χ0n) is 28.3. The summed E-state index contributed by atoms with van der Waals surface area (Å²) in [5.41, 5.74) is 7.93. The van der Waals surface area contributed by atoms with Gasteiger partial charge in [-0.2, -0.15) is 0 Å². The van der Waals surface area contributed by atoms with E-state index >= 15 is 0 Å². The highest BCUT2D eigenvalue weighted by atomic mass is 32.2. The highest BCUT2D eigenvalue weighted by Crippen LogP contribution is 2.45. The highest BCUT2D eigenvalue weighted by Gasteiger charge is 2.48. The third kappa shape index (κ3) is 7.82. The number of carbonyl (C=O) groups is 1. The van der Waals surface area contributed by atoms with E-state index in [2.05, 4.69) is 79.7 Å². The lowest BCUT2D eigenvalue weighted by molar-refractivity contribution is -0.185. The lowest BCUT2D eigenvalue weighted by Gasteiger charge is -2.47. The van der Waals surface area contributed by atoms with Crippen LogP contribution in [0.25, 0.3) is 11.1 Å². The quantitative estimate of drug-likeness (QED) is 0.123. The molecule has 4 atom stereocenters. The Hall–Kier alpha value is -4.40. The average Bonchev–Trinajstić information content (AvgIpc) is 3.49. The summed E-state index contributed by atoms with van der Waals surface area (Å²) in [4.78, 5) is 16.1. The van der Waals surface area contributed by atoms with E-state index in [9.17, 15) is 4.79 Å². The number of rotatable bonds is 13. The van der Waals surface area contributed by atoms with Crippen LogP contribution >= 0.6 is 11.8 Å². The van der Waals surface area contributed by atoms with Crippen LogP contribution in [0.1, 0.15) is 40.7 Å². The van der Waals surface area contributed by atoms with Crippen molar-refractivity contribution in [2.75, 3.05) is 18.9 Å². The summed E-state index contributed by atoms with van der Waals surface area (Å²) in [7, 11) is 0. The van der Waals surface area contributed by atoms with Gasteiger partial charge < -0.3 is 18.9 Å². The molecule has 0 spiro atoms. The molecule has 7 rings (SSSR count). The van der Waals surface area contributed by atoms with Crippen LogP contribution in [0.3, 0.4) is 0 Å². The van der Waals surface area contributed by atoms with Crippen molar-refractivity contribution < 1.29 is 23.7 Å². The number of carbonyl (C=O) groups excluding carboxylic acids is 1. The predicted octanol–water partition coefficient (Wildman–Crippen LogP) is 9.09. The van der Waals surface area contributed by atoms with Crippen LogP contribution in [0, 0.1) is 0 Å². The zero-order valence-corrected chi connectivity index (χ0v) is 29.1. The van der Waals surface area contributed by atoms with Gasteiger partial charge in [0.2, 0.25) is 0 Å². The van der Waals surface area contributed by atoms with Crippen molar-refractivity contribution in [1.29, 1.82) is 0 Å². The van der Waals surface area contributed by atoms with Gasteiger partial charge in [0.05, 0.1) is 26.4 Å². The van der Waals surface area contributed by atoms with Crippen molar-refractivity contribution in [2.45, 2.75) is 56.3 Å². The largest absolute Gasteiger partial charge is 0.448 e. The molecule has 0 radical (unpaired) electrons. The van der Waals surface area contributed by atoms with Crippen molar-refractivity contribution in [3.63, 3.8) is 0 Å². The number of fused-ring (bicyclic) bond motifs is 3. The highest BCUT2D eigenvalue weighted by molar-refractivity contribution is 7.99. The molecule has 0 saturated carbocycles. The monoisotopic (exact) mass is 685 g/mol. The molecule has 5 aromatic carbocycles. The van der Waals surface area contributed by atoms with E-state index < -0.39 is 18.3 Å². The van der Waals surface area contributed by atoms with Gasteiger partial charge in [0.15, 0.2) is 0 Å². The molecule has 1 aliphatic heterocycles. The Bertz CT molecular complexity index is 1780.